The number of para-hydroxylation sites is 2. The van der Waals surface area contributed by atoms with Crippen LogP contribution in [-0.4, -0.2) is 20.3 Å². The lowest BCUT2D eigenvalue weighted by Gasteiger charge is -2.52. The molecule has 0 spiro atoms. The van der Waals surface area contributed by atoms with Gasteiger partial charge in [-0.15, -0.1) is 0 Å². The number of furan rings is 2. The van der Waals surface area contributed by atoms with Crippen LogP contribution in [0.25, 0.3) is 43.9 Å². The van der Waals surface area contributed by atoms with Crippen molar-refractivity contribution in [3.8, 4) is 0 Å². The van der Waals surface area contributed by atoms with Crippen LogP contribution >= 0.6 is 0 Å². The Hall–Kier alpha value is -6.96. The highest BCUT2D eigenvalue weighted by atomic mass is 28.3. The van der Waals surface area contributed by atoms with Crippen LogP contribution in [0.15, 0.2) is 160 Å². The molecule has 0 saturated heterocycles. The maximum atomic E-state index is 6.70. The molecule has 5 aliphatic rings. The predicted molar refractivity (Wildman–Crippen MR) is 293 cm³/mol. The molecule has 1 saturated carbocycles. The van der Waals surface area contributed by atoms with Crippen molar-refractivity contribution in [1.82, 2.24) is 0 Å². The smallest absolute Gasteiger partial charge is 0.251 e. The summed E-state index contributed by atoms with van der Waals surface area (Å²) in [4.78, 5) is 8.01. The van der Waals surface area contributed by atoms with Gasteiger partial charge >= 0.3 is 0 Å². The van der Waals surface area contributed by atoms with Crippen LogP contribution in [0.1, 0.15) is 71.4 Å². The first-order valence-corrected chi connectivity index (χ1v) is 28.2. The fourth-order valence-corrected chi connectivity index (χ4v) is 17.5. The third-order valence-electron chi connectivity index (χ3n) is 17.9. The molecule has 15 rings (SSSR count). The Bertz CT molecular complexity index is 3720. The molecule has 4 aliphatic heterocycles. The second-order valence-electron chi connectivity index (χ2n) is 22.8. The minimum Gasteiger partial charge on any atom is -0.456 e. The summed E-state index contributed by atoms with van der Waals surface area (Å²) in [5.41, 5.74) is 20.5. The third-order valence-corrected chi connectivity index (χ3v) is 21.5. The van der Waals surface area contributed by atoms with Gasteiger partial charge in [-0.05, 0) is 119 Å². The standard InChI is InChI=1S/C62H54BN3O2Si/c1-60(2,3)37-24-29-46-45(32-37)61(4)30-12-13-31-62(61,5)66(46)40-33-49-57-50(34-40)65(39-26-28-44-42-17-9-11-21-52(42)68-54(44)36-39)48-19-15-23-56-59(48)63(57)58-47(18-14-22-55(58)69(56,6)7)64(49)38-25-27-43-41-16-8-10-20-51(41)67-53(43)35-38/h8-11,14-29,32-36H,12-13,30-31H2,1-7H3. The topological polar surface area (TPSA) is 36.0 Å². The van der Waals surface area contributed by atoms with Crippen molar-refractivity contribution in [2.75, 3.05) is 14.7 Å². The molecule has 1 fully saturated rings. The summed E-state index contributed by atoms with van der Waals surface area (Å²) in [7, 11) is -2.23. The zero-order valence-corrected chi connectivity index (χ0v) is 41.5. The van der Waals surface area contributed by atoms with Gasteiger partial charge in [0.05, 0.1) is 5.54 Å². The Balaban J connectivity index is 1.06. The number of nitrogens with zero attached hydrogens (tertiary/aromatic N) is 3. The van der Waals surface area contributed by atoms with Crippen LogP contribution in [0.4, 0.5) is 45.5 Å². The van der Waals surface area contributed by atoms with E-state index < -0.39 is 8.07 Å². The average molecular weight is 912 g/mol. The van der Waals surface area contributed by atoms with Gasteiger partial charge in [0.2, 0.25) is 0 Å². The highest BCUT2D eigenvalue weighted by molar-refractivity contribution is 7.16. The summed E-state index contributed by atoms with van der Waals surface area (Å²) in [6.45, 7) is 17.4. The van der Waals surface area contributed by atoms with E-state index in [0.717, 1.165) is 61.7 Å². The molecule has 2 aromatic heterocycles. The zero-order valence-electron chi connectivity index (χ0n) is 40.5. The second-order valence-corrected chi connectivity index (χ2v) is 27.1. The first-order valence-electron chi connectivity index (χ1n) is 25.2. The number of benzene rings is 8. The van der Waals surface area contributed by atoms with Crippen molar-refractivity contribution in [1.29, 1.82) is 0 Å². The Morgan fingerprint density at radius 2 is 1.03 bits per heavy atom. The number of rotatable bonds is 3. The van der Waals surface area contributed by atoms with Gasteiger partial charge in [0.15, 0.2) is 0 Å². The van der Waals surface area contributed by atoms with Crippen LogP contribution in [0.3, 0.4) is 0 Å². The van der Waals surface area contributed by atoms with Gasteiger partial charge in [0.25, 0.3) is 6.71 Å². The summed E-state index contributed by atoms with van der Waals surface area (Å²) in [6, 6.07) is 57.7. The van der Waals surface area contributed by atoms with Crippen molar-refractivity contribution in [2.24, 2.45) is 0 Å². The summed E-state index contributed by atoms with van der Waals surface area (Å²) >= 11 is 0. The molecule has 1 aliphatic carbocycles. The molecule has 7 heteroatoms. The molecular formula is C62H54BN3O2Si. The van der Waals surface area contributed by atoms with Crippen molar-refractivity contribution >= 4 is 131 Å². The first-order chi connectivity index (χ1) is 33.3. The third kappa shape index (κ3) is 5.01. The first kappa shape index (κ1) is 40.0. The van der Waals surface area contributed by atoms with Crippen LogP contribution in [0.5, 0.6) is 0 Å². The van der Waals surface area contributed by atoms with E-state index in [0.29, 0.717) is 0 Å². The molecule has 336 valence electrons. The number of anilines is 8. The van der Waals surface area contributed by atoms with E-state index in [2.05, 4.69) is 214 Å². The van der Waals surface area contributed by atoms with Crippen LogP contribution in [0, 0.1) is 0 Å². The van der Waals surface area contributed by atoms with Crippen molar-refractivity contribution in [3.05, 3.63) is 163 Å². The van der Waals surface area contributed by atoms with Gasteiger partial charge in [-0.1, -0.05) is 137 Å². The largest absolute Gasteiger partial charge is 0.456 e. The number of hydrogen-bond acceptors (Lipinski definition) is 5. The molecule has 69 heavy (non-hydrogen) atoms. The second kappa shape index (κ2) is 13.2. The Morgan fingerprint density at radius 3 is 1.59 bits per heavy atom. The molecule has 0 N–H and O–H groups in total. The van der Waals surface area contributed by atoms with Gasteiger partial charge in [-0.2, -0.15) is 0 Å². The van der Waals surface area contributed by atoms with E-state index in [1.807, 2.05) is 0 Å². The van der Waals surface area contributed by atoms with Gasteiger partial charge in [0.1, 0.15) is 30.4 Å². The Morgan fingerprint density at radius 1 is 0.493 bits per heavy atom. The lowest BCUT2D eigenvalue weighted by atomic mass is 9.33. The SMILES string of the molecule is CC(C)(C)c1ccc2c(c1)C1(C)CCCCC1(C)N2c1cc2c3c(c1)N(c1ccc4c(c1)oc1ccccc14)c1cccc4c1B3c1c(cccc1[Si]4(C)C)N2c1ccc2c(c1)oc1ccccc12. The highest BCUT2D eigenvalue weighted by Gasteiger charge is 2.59. The van der Waals surface area contributed by atoms with Gasteiger partial charge in [0, 0.05) is 84.6 Å². The summed E-state index contributed by atoms with van der Waals surface area (Å²) < 4.78 is 13.4. The fourth-order valence-electron chi connectivity index (χ4n) is 14.3. The number of fused-ring (bicyclic) bond motifs is 9. The molecule has 8 aromatic carbocycles. The normalized spacial score (nSPS) is 20.6. The maximum Gasteiger partial charge on any atom is 0.251 e. The maximum absolute atomic E-state index is 6.70. The molecular weight excluding hydrogens is 858 g/mol. The summed E-state index contributed by atoms with van der Waals surface area (Å²) in [5, 5.41) is 7.62. The summed E-state index contributed by atoms with van der Waals surface area (Å²) in [5.74, 6) is 0. The van der Waals surface area contributed by atoms with Gasteiger partial charge in [-0.25, -0.2) is 0 Å². The Labute approximate surface area is 405 Å². The van der Waals surface area contributed by atoms with Gasteiger partial charge in [-0.3, -0.25) is 0 Å². The molecule has 6 heterocycles. The highest BCUT2D eigenvalue weighted by Crippen LogP contribution is 2.62. The predicted octanol–water partition coefficient (Wildman–Crippen LogP) is 13.7. The van der Waals surface area contributed by atoms with E-state index in [1.165, 1.54) is 91.3 Å². The molecule has 5 nitrogen and oxygen atoms in total. The molecule has 2 atom stereocenters. The van der Waals surface area contributed by atoms with Crippen molar-refractivity contribution in [3.63, 3.8) is 0 Å². The van der Waals surface area contributed by atoms with Gasteiger partial charge < -0.3 is 23.5 Å². The van der Waals surface area contributed by atoms with E-state index in [-0.39, 0.29) is 23.1 Å². The minimum absolute atomic E-state index is 0.0322. The average Bonchev–Trinajstić information content (AvgIpc) is 3.97. The fraction of sp³-hybridized carbons (Fsp3) is 0.226. The molecule has 2 unspecified atom stereocenters. The van der Waals surface area contributed by atoms with Crippen molar-refractivity contribution in [2.45, 2.75) is 89.8 Å². The lowest BCUT2D eigenvalue weighted by Crippen LogP contribution is -2.79. The van der Waals surface area contributed by atoms with Crippen LogP contribution in [-0.2, 0) is 10.8 Å². The Kier molecular flexibility index (Phi) is 7.66. The van der Waals surface area contributed by atoms with E-state index >= 15 is 0 Å². The van der Waals surface area contributed by atoms with E-state index in [9.17, 15) is 0 Å². The molecule has 0 radical (unpaired) electrons. The number of hydrogen-bond donors (Lipinski definition) is 0. The monoisotopic (exact) mass is 911 g/mol. The minimum atomic E-state index is -2.23. The van der Waals surface area contributed by atoms with Crippen LogP contribution < -0.4 is 41.5 Å². The zero-order chi connectivity index (χ0) is 46.5. The lowest BCUT2D eigenvalue weighted by molar-refractivity contribution is 0.195. The van der Waals surface area contributed by atoms with Crippen LogP contribution in [0.2, 0.25) is 13.1 Å². The summed E-state index contributed by atoms with van der Waals surface area (Å²) in [6.07, 6.45) is 4.74. The van der Waals surface area contributed by atoms with Crippen molar-refractivity contribution < 1.29 is 8.83 Å². The molecule has 0 amide bonds. The molecule has 10 aromatic rings. The molecule has 0 bridgehead atoms. The van der Waals surface area contributed by atoms with E-state index in [1.54, 1.807) is 0 Å². The van der Waals surface area contributed by atoms with E-state index in [4.69, 9.17) is 8.83 Å². The quantitative estimate of drug-likeness (QED) is 0.165.